The Hall–Kier alpha value is -4.58. The molecule has 2 amide bonds. The maximum Gasteiger partial charge on any atom is 0.387 e. The number of ether oxygens (including phenoxy) is 3. The molecule has 0 atom stereocenters. The van der Waals surface area contributed by atoms with E-state index in [1.807, 2.05) is 0 Å². The molecule has 0 saturated carbocycles. The fourth-order valence-electron chi connectivity index (χ4n) is 5.31. The Morgan fingerprint density at radius 3 is 2.26 bits per heavy atom. The van der Waals surface area contributed by atoms with E-state index in [0.717, 1.165) is 0 Å². The highest BCUT2D eigenvalue weighted by Crippen LogP contribution is 2.35. The molecule has 0 radical (unpaired) electrons. The SMILES string of the molecule is COCCc1c2c(OC(F)F)c(C(N)=O)ccc2nn1CC1CCN(C(=O)c2ccc(Oc3ccc(F)cc3)cc2)CC1. The summed E-state index contributed by atoms with van der Waals surface area (Å²) in [6, 6.07) is 15.4. The van der Waals surface area contributed by atoms with Crippen LogP contribution in [0.15, 0.2) is 60.7 Å². The average molecular weight is 597 g/mol. The first-order valence-corrected chi connectivity index (χ1v) is 13.8. The number of hydrogen-bond acceptors (Lipinski definition) is 6. The molecular formula is C31H31F3N4O5. The molecule has 43 heavy (non-hydrogen) atoms. The quantitative estimate of drug-likeness (QED) is 0.248. The first-order chi connectivity index (χ1) is 20.7. The second-order valence-corrected chi connectivity index (χ2v) is 10.3. The van der Waals surface area contributed by atoms with E-state index < -0.39 is 12.5 Å². The number of aromatic nitrogens is 2. The molecule has 1 aliphatic heterocycles. The molecule has 1 fully saturated rings. The van der Waals surface area contributed by atoms with Crippen molar-refractivity contribution in [2.45, 2.75) is 32.4 Å². The van der Waals surface area contributed by atoms with Crippen LogP contribution < -0.4 is 15.2 Å². The summed E-state index contributed by atoms with van der Waals surface area (Å²) in [5, 5.41) is 4.96. The fourth-order valence-corrected chi connectivity index (χ4v) is 5.31. The average Bonchev–Trinajstić information content (AvgIpc) is 3.34. The van der Waals surface area contributed by atoms with Crippen LogP contribution in [0.1, 0.15) is 39.3 Å². The van der Waals surface area contributed by atoms with Crippen LogP contribution in [0.5, 0.6) is 17.2 Å². The minimum Gasteiger partial charge on any atom is -0.457 e. The van der Waals surface area contributed by atoms with Crippen molar-refractivity contribution >= 4 is 22.7 Å². The number of halogens is 3. The minimum absolute atomic E-state index is 0.0924. The molecule has 1 saturated heterocycles. The van der Waals surface area contributed by atoms with Crippen LogP contribution in [0.2, 0.25) is 0 Å². The number of alkyl halides is 2. The summed E-state index contributed by atoms with van der Waals surface area (Å²) in [6.45, 7) is -1.28. The molecule has 2 heterocycles. The standard InChI is InChI=1S/C31H31F3N4O5/c1-41-17-14-26-27-25(11-10-24(29(35)39)28(27)43-31(33)34)36-38(26)18-19-12-15-37(16-13-19)30(40)20-2-6-22(7-3-20)42-23-8-4-21(32)5-9-23/h2-11,19,31H,12-18H2,1H3,(H2,35,39). The van der Waals surface area contributed by atoms with Gasteiger partial charge in [-0.15, -0.1) is 0 Å². The fraction of sp³-hybridized carbons (Fsp3) is 0.323. The number of nitrogens with two attached hydrogens (primary N) is 1. The van der Waals surface area contributed by atoms with Gasteiger partial charge in [0.15, 0.2) is 0 Å². The number of hydrogen-bond donors (Lipinski definition) is 1. The highest BCUT2D eigenvalue weighted by Gasteiger charge is 2.27. The summed E-state index contributed by atoms with van der Waals surface area (Å²) in [5.74, 6) is -0.422. The summed E-state index contributed by atoms with van der Waals surface area (Å²) >= 11 is 0. The molecule has 0 unspecified atom stereocenters. The third-order valence-corrected chi connectivity index (χ3v) is 7.46. The smallest absolute Gasteiger partial charge is 0.387 e. The van der Waals surface area contributed by atoms with Crippen LogP contribution in [0.4, 0.5) is 13.2 Å². The molecule has 1 aromatic heterocycles. The summed E-state index contributed by atoms with van der Waals surface area (Å²) < 4.78 is 57.3. The first kappa shape index (κ1) is 29.9. The number of primary amides is 1. The van der Waals surface area contributed by atoms with Crippen molar-refractivity contribution in [2.24, 2.45) is 11.7 Å². The lowest BCUT2D eigenvalue weighted by Gasteiger charge is -2.32. The number of nitrogens with zero attached hydrogens (tertiary/aromatic N) is 3. The van der Waals surface area contributed by atoms with E-state index in [1.54, 1.807) is 39.9 Å². The van der Waals surface area contributed by atoms with Gasteiger partial charge in [0.1, 0.15) is 23.1 Å². The Kier molecular flexibility index (Phi) is 9.15. The number of likely N-dealkylation sites (tertiary alicyclic amines) is 1. The molecule has 5 rings (SSSR count). The van der Waals surface area contributed by atoms with E-state index in [-0.39, 0.29) is 29.0 Å². The van der Waals surface area contributed by atoms with Crippen LogP contribution in [0.25, 0.3) is 10.9 Å². The zero-order chi connectivity index (χ0) is 30.5. The molecule has 0 spiro atoms. The zero-order valence-electron chi connectivity index (χ0n) is 23.5. The molecule has 0 aliphatic carbocycles. The number of rotatable bonds is 11. The van der Waals surface area contributed by atoms with Gasteiger partial charge in [-0.05, 0) is 79.4 Å². The Bertz CT molecular complexity index is 1580. The van der Waals surface area contributed by atoms with Crippen molar-refractivity contribution < 1.29 is 37.0 Å². The maximum atomic E-state index is 13.3. The number of methoxy groups -OCH3 is 1. The van der Waals surface area contributed by atoms with Gasteiger partial charge in [0, 0.05) is 38.7 Å². The van der Waals surface area contributed by atoms with Crippen LogP contribution in [0.3, 0.4) is 0 Å². The zero-order valence-corrected chi connectivity index (χ0v) is 23.5. The molecule has 3 aromatic carbocycles. The Morgan fingerprint density at radius 1 is 1.00 bits per heavy atom. The van der Waals surface area contributed by atoms with E-state index in [0.29, 0.717) is 79.2 Å². The van der Waals surface area contributed by atoms with Crippen molar-refractivity contribution in [3.8, 4) is 17.2 Å². The lowest BCUT2D eigenvalue weighted by Crippen LogP contribution is -2.39. The van der Waals surface area contributed by atoms with Crippen LogP contribution in [-0.4, -0.2) is 59.9 Å². The molecule has 0 bridgehead atoms. The van der Waals surface area contributed by atoms with Gasteiger partial charge in [-0.1, -0.05) is 0 Å². The van der Waals surface area contributed by atoms with Crippen molar-refractivity contribution in [2.75, 3.05) is 26.8 Å². The lowest BCUT2D eigenvalue weighted by atomic mass is 9.96. The molecule has 2 N–H and O–H groups in total. The minimum atomic E-state index is -3.15. The Balaban J connectivity index is 1.27. The van der Waals surface area contributed by atoms with Crippen LogP contribution in [0, 0.1) is 11.7 Å². The second-order valence-electron chi connectivity index (χ2n) is 10.3. The summed E-state index contributed by atoms with van der Waals surface area (Å²) in [5.41, 5.74) is 6.85. The van der Waals surface area contributed by atoms with E-state index >= 15 is 0 Å². The van der Waals surface area contributed by atoms with E-state index in [2.05, 4.69) is 5.10 Å². The van der Waals surface area contributed by atoms with Gasteiger partial charge in [-0.2, -0.15) is 13.9 Å². The number of benzene rings is 3. The number of carbonyl (C=O) groups excluding carboxylic acids is 2. The van der Waals surface area contributed by atoms with Gasteiger partial charge < -0.3 is 24.8 Å². The third-order valence-electron chi connectivity index (χ3n) is 7.46. The van der Waals surface area contributed by atoms with E-state index in [4.69, 9.17) is 19.9 Å². The van der Waals surface area contributed by atoms with Crippen molar-refractivity contribution in [3.05, 3.63) is 83.3 Å². The lowest BCUT2D eigenvalue weighted by molar-refractivity contribution is -0.0491. The van der Waals surface area contributed by atoms with Gasteiger partial charge in [0.2, 0.25) is 0 Å². The molecule has 1 aliphatic rings. The van der Waals surface area contributed by atoms with Crippen LogP contribution in [-0.2, 0) is 17.7 Å². The Labute approximate surface area is 245 Å². The third kappa shape index (κ3) is 6.91. The first-order valence-electron chi connectivity index (χ1n) is 13.8. The van der Waals surface area contributed by atoms with Gasteiger partial charge >= 0.3 is 6.61 Å². The highest BCUT2D eigenvalue weighted by molar-refractivity contribution is 6.03. The summed E-state index contributed by atoms with van der Waals surface area (Å²) in [7, 11) is 1.53. The normalized spacial score (nSPS) is 13.9. The van der Waals surface area contributed by atoms with Gasteiger partial charge in [0.05, 0.1) is 28.8 Å². The van der Waals surface area contributed by atoms with Crippen molar-refractivity contribution in [1.82, 2.24) is 14.7 Å². The number of carbonyl (C=O) groups is 2. The summed E-state index contributed by atoms with van der Waals surface area (Å²) in [6.07, 6.45) is 1.78. The van der Waals surface area contributed by atoms with Crippen LogP contribution >= 0.6 is 0 Å². The van der Waals surface area contributed by atoms with Gasteiger partial charge in [0.25, 0.3) is 11.8 Å². The summed E-state index contributed by atoms with van der Waals surface area (Å²) in [4.78, 5) is 27.0. The predicted octanol–water partition coefficient (Wildman–Crippen LogP) is 5.41. The van der Waals surface area contributed by atoms with Gasteiger partial charge in [-0.3, -0.25) is 14.3 Å². The topological polar surface area (TPSA) is 109 Å². The monoisotopic (exact) mass is 596 g/mol. The molecular weight excluding hydrogens is 565 g/mol. The van der Waals surface area contributed by atoms with Crippen molar-refractivity contribution in [3.63, 3.8) is 0 Å². The van der Waals surface area contributed by atoms with E-state index in [1.165, 1.54) is 37.4 Å². The van der Waals surface area contributed by atoms with Crippen molar-refractivity contribution in [1.29, 1.82) is 0 Å². The molecule has 9 nitrogen and oxygen atoms in total. The Morgan fingerprint density at radius 2 is 1.65 bits per heavy atom. The largest absolute Gasteiger partial charge is 0.457 e. The van der Waals surface area contributed by atoms with Gasteiger partial charge in [-0.25, -0.2) is 4.39 Å². The number of piperidine rings is 1. The molecule has 226 valence electrons. The predicted molar refractivity (Wildman–Crippen MR) is 152 cm³/mol. The number of amides is 2. The highest BCUT2D eigenvalue weighted by atomic mass is 19.3. The maximum absolute atomic E-state index is 13.3. The molecule has 12 heteroatoms. The van der Waals surface area contributed by atoms with E-state index in [9.17, 15) is 22.8 Å². The second kappa shape index (κ2) is 13.2. The molecule has 4 aromatic rings. The number of fused-ring (bicyclic) bond motifs is 1.